The number of nitrogens with zero attached hydrogens (tertiary/aromatic N) is 1. The first-order valence-electron chi connectivity index (χ1n) is 6.70. The summed E-state index contributed by atoms with van der Waals surface area (Å²) in [6.07, 6.45) is -0.606. The van der Waals surface area contributed by atoms with Crippen LogP contribution in [0.1, 0.15) is 5.56 Å². The molecular weight excluding hydrogens is 306 g/mol. The number of carboxylic acids is 1. The summed E-state index contributed by atoms with van der Waals surface area (Å²) >= 11 is 6.24. The predicted molar refractivity (Wildman–Crippen MR) is 80.2 cm³/mol. The summed E-state index contributed by atoms with van der Waals surface area (Å²) in [6, 6.07) is 11.1. The van der Waals surface area contributed by atoms with Gasteiger partial charge in [0.25, 0.3) is 0 Å². The Labute approximate surface area is 130 Å². The van der Waals surface area contributed by atoms with Crippen molar-refractivity contribution in [3.05, 3.63) is 47.0 Å². The van der Waals surface area contributed by atoms with Crippen molar-refractivity contribution < 1.29 is 19.2 Å². The number of aliphatic carboxylic acids is 1. The number of hydrogen-bond donors (Lipinski definition) is 1. The van der Waals surface area contributed by atoms with Gasteiger partial charge in [-0.25, -0.2) is 4.79 Å². The second-order valence-electron chi connectivity index (χ2n) is 5.12. The Hall–Kier alpha value is -2.53. The van der Waals surface area contributed by atoms with Crippen LogP contribution in [0.2, 0.25) is 5.02 Å². The number of fused-ring (bicyclic) bond motifs is 2. The van der Waals surface area contributed by atoms with Gasteiger partial charge in [0, 0.05) is 22.9 Å². The van der Waals surface area contributed by atoms with E-state index in [4.69, 9.17) is 26.0 Å². The maximum atomic E-state index is 11.1. The standard InChI is InChI=1S/C16H10ClNO4/c17-11-6-8(5-9-7-13(16(19)20)21-15(9)11)14-10-3-1-2-4-12(10)22-18-14/h1-6,13H,7H2,(H,19,20). The summed E-state index contributed by atoms with van der Waals surface area (Å²) in [5, 5.41) is 14.4. The van der Waals surface area contributed by atoms with Crippen molar-refractivity contribution in [3.8, 4) is 17.0 Å². The quantitative estimate of drug-likeness (QED) is 0.783. The van der Waals surface area contributed by atoms with Crippen molar-refractivity contribution in [1.82, 2.24) is 5.16 Å². The van der Waals surface area contributed by atoms with E-state index in [-0.39, 0.29) is 6.42 Å². The molecule has 1 aliphatic heterocycles. The summed E-state index contributed by atoms with van der Waals surface area (Å²) < 4.78 is 10.7. The number of aromatic nitrogens is 1. The molecule has 0 radical (unpaired) electrons. The second-order valence-corrected chi connectivity index (χ2v) is 5.53. The predicted octanol–water partition coefficient (Wildman–Crippen LogP) is 3.54. The Morgan fingerprint density at radius 1 is 1.32 bits per heavy atom. The third kappa shape index (κ3) is 1.94. The minimum Gasteiger partial charge on any atom is -0.478 e. The maximum absolute atomic E-state index is 11.1. The molecule has 0 bridgehead atoms. The van der Waals surface area contributed by atoms with E-state index >= 15 is 0 Å². The van der Waals surface area contributed by atoms with Gasteiger partial charge in [0.05, 0.1) is 5.02 Å². The summed E-state index contributed by atoms with van der Waals surface area (Å²) in [5.41, 5.74) is 2.91. The molecule has 2 aromatic carbocycles. The zero-order chi connectivity index (χ0) is 15.3. The fourth-order valence-electron chi connectivity index (χ4n) is 2.69. The van der Waals surface area contributed by atoms with Crippen LogP contribution in [0.3, 0.4) is 0 Å². The molecule has 1 N–H and O–H groups in total. The van der Waals surface area contributed by atoms with Gasteiger partial charge in [0.1, 0.15) is 11.4 Å². The average Bonchev–Trinajstić information content (AvgIpc) is 3.11. The Balaban J connectivity index is 1.84. The number of halogens is 1. The van der Waals surface area contributed by atoms with Crippen molar-refractivity contribution in [3.63, 3.8) is 0 Å². The fraction of sp³-hybridized carbons (Fsp3) is 0.125. The first kappa shape index (κ1) is 13.2. The maximum Gasteiger partial charge on any atom is 0.345 e. The lowest BCUT2D eigenvalue weighted by molar-refractivity contribution is -0.144. The lowest BCUT2D eigenvalue weighted by atomic mass is 10.0. The third-order valence-electron chi connectivity index (χ3n) is 3.71. The Kier molecular flexibility index (Phi) is 2.84. The van der Waals surface area contributed by atoms with Crippen LogP contribution in [0.5, 0.6) is 5.75 Å². The largest absolute Gasteiger partial charge is 0.478 e. The van der Waals surface area contributed by atoms with Gasteiger partial charge in [0.2, 0.25) is 0 Å². The van der Waals surface area contributed by atoms with Crippen LogP contribution >= 0.6 is 11.6 Å². The van der Waals surface area contributed by atoms with Gasteiger partial charge < -0.3 is 14.4 Å². The average molecular weight is 316 g/mol. The molecule has 110 valence electrons. The molecule has 1 aliphatic rings. The Morgan fingerprint density at radius 3 is 2.95 bits per heavy atom. The Morgan fingerprint density at radius 2 is 2.14 bits per heavy atom. The molecule has 0 saturated carbocycles. The highest BCUT2D eigenvalue weighted by molar-refractivity contribution is 6.32. The van der Waals surface area contributed by atoms with E-state index in [2.05, 4.69) is 5.16 Å². The number of rotatable bonds is 2. The molecule has 0 spiro atoms. The monoisotopic (exact) mass is 315 g/mol. The second kappa shape index (κ2) is 4.74. The van der Waals surface area contributed by atoms with Gasteiger partial charge in [-0.2, -0.15) is 0 Å². The number of carboxylic acid groups (broad SMARTS) is 1. The number of benzene rings is 2. The number of carbonyl (C=O) groups is 1. The minimum atomic E-state index is -0.999. The molecule has 3 aromatic rings. The van der Waals surface area contributed by atoms with Crippen LogP contribution in [0.15, 0.2) is 40.9 Å². The van der Waals surface area contributed by atoms with Crippen molar-refractivity contribution in [2.75, 3.05) is 0 Å². The smallest absolute Gasteiger partial charge is 0.345 e. The van der Waals surface area contributed by atoms with E-state index in [0.29, 0.717) is 22.0 Å². The molecule has 6 heteroatoms. The topological polar surface area (TPSA) is 72.6 Å². The van der Waals surface area contributed by atoms with Crippen LogP contribution in [-0.2, 0) is 11.2 Å². The summed E-state index contributed by atoms with van der Waals surface area (Å²) in [5.74, 6) is -0.564. The Bertz CT molecular complexity index is 902. The van der Waals surface area contributed by atoms with E-state index in [1.54, 1.807) is 6.07 Å². The van der Waals surface area contributed by atoms with Gasteiger partial charge in [0.15, 0.2) is 11.7 Å². The highest BCUT2D eigenvalue weighted by atomic mass is 35.5. The van der Waals surface area contributed by atoms with Gasteiger partial charge in [-0.15, -0.1) is 0 Å². The molecule has 0 saturated heterocycles. The van der Waals surface area contributed by atoms with Crippen molar-refractivity contribution in [1.29, 1.82) is 0 Å². The van der Waals surface area contributed by atoms with Crippen LogP contribution in [-0.4, -0.2) is 22.3 Å². The first-order valence-corrected chi connectivity index (χ1v) is 7.08. The number of para-hydroxylation sites is 1. The van der Waals surface area contributed by atoms with E-state index in [9.17, 15) is 4.79 Å². The van der Waals surface area contributed by atoms with E-state index in [1.807, 2.05) is 30.3 Å². The van der Waals surface area contributed by atoms with Gasteiger partial charge >= 0.3 is 5.97 Å². The molecule has 0 aliphatic carbocycles. The molecule has 1 aromatic heterocycles. The van der Waals surface area contributed by atoms with Crippen LogP contribution < -0.4 is 4.74 Å². The highest BCUT2D eigenvalue weighted by Crippen LogP contribution is 2.40. The normalized spacial score (nSPS) is 16.5. The van der Waals surface area contributed by atoms with Gasteiger partial charge in [-0.3, -0.25) is 0 Å². The van der Waals surface area contributed by atoms with Crippen molar-refractivity contribution in [2.24, 2.45) is 0 Å². The van der Waals surface area contributed by atoms with Gasteiger partial charge in [-0.1, -0.05) is 28.9 Å². The highest BCUT2D eigenvalue weighted by Gasteiger charge is 2.31. The molecule has 4 rings (SSSR count). The fourth-order valence-corrected chi connectivity index (χ4v) is 2.97. The van der Waals surface area contributed by atoms with Crippen molar-refractivity contribution in [2.45, 2.75) is 12.5 Å². The lowest BCUT2D eigenvalue weighted by Gasteiger charge is -2.06. The molecule has 1 unspecified atom stereocenters. The third-order valence-corrected chi connectivity index (χ3v) is 3.99. The zero-order valence-corrected chi connectivity index (χ0v) is 12.0. The molecule has 1 atom stereocenters. The minimum absolute atomic E-state index is 0.286. The molecule has 0 amide bonds. The number of ether oxygens (including phenoxy) is 1. The molecule has 0 fully saturated rings. The SMILES string of the molecule is O=C(O)C1Cc2cc(-c3noc4ccccc34)cc(Cl)c2O1. The molecule has 5 nitrogen and oxygen atoms in total. The lowest BCUT2D eigenvalue weighted by Crippen LogP contribution is -2.24. The zero-order valence-electron chi connectivity index (χ0n) is 11.2. The van der Waals surface area contributed by atoms with E-state index in [0.717, 1.165) is 16.5 Å². The summed E-state index contributed by atoms with van der Waals surface area (Å²) in [7, 11) is 0. The molecule has 2 heterocycles. The number of hydrogen-bond acceptors (Lipinski definition) is 4. The van der Waals surface area contributed by atoms with E-state index < -0.39 is 12.1 Å². The van der Waals surface area contributed by atoms with Crippen LogP contribution in [0, 0.1) is 0 Å². The first-order chi connectivity index (χ1) is 10.6. The van der Waals surface area contributed by atoms with Crippen molar-refractivity contribution >= 4 is 28.5 Å². The molecule has 22 heavy (non-hydrogen) atoms. The molecular formula is C16H10ClNO4. The van der Waals surface area contributed by atoms with E-state index in [1.165, 1.54) is 0 Å². The van der Waals surface area contributed by atoms with Crippen LogP contribution in [0.25, 0.3) is 22.2 Å². The van der Waals surface area contributed by atoms with Crippen LogP contribution in [0.4, 0.5) is 0 Å². The summed E-state index contributed by atoms with van der Waals surface area (Å²) in [4.78, 5) is 11.1. The summed E-state index contributed by atoms with van der Waals surface area (Å²) in [6.45, 7) is 0. The van der Waals surface area contributed by atoms with Gasteiger partial charge in [-0.05, 0) is 24.3 Å².